The Hall–Kier alpha value is -1.23. The number of rotatable bonds is 5. The Balaban J connectivity index is 1.97. The predicted octanol–water partition coefficient (Wildman–Crippen LogP) is 2.97. The van der Waals surface area contributed by atoms with Crippen molar-refractivity contribution < 1.29 is 8.42 Å². The maximum Gasteiger partial charge on any atom is 0.229 e. The van der Waals surface area contributed by atoms with Crippen LogP contribution < -0.4 is 10.0 Å². The zero-order valence-corrected chi connectivity index (χ0v) is 12.4. The minimum atomic E-state index is -3.21. The summed E-state index contributed by atoms with van der Waals surface area (Å²) in [5.41, 5.74) is 2.64. The summed E-state index contributed by atoms with van der Waals surface area (Å²) in [6, 6.07) is 5.73. The van der Waals surface area contributed by atoms with Crippen LogP contribution in [0.4, 0.5) is 11.4 Å². The largest absolute Gasteiger partial charge is 0.385 e. The first-order valence-corrected chi connectivity index (χ1v) is 8.65. The average Bonchev–Trinajstić information content (AvgIpc) is 2.81. The Kier molecular flexibility index (Phi) is 4.34. The highest BCUT2D eigenvalue weighted by atomic mass is 32.2. The summed E-state index contributed by atoms with van der Waals surface area (Å²) in [5, 5.41) is 3.44. The highest BCUT2D eigenvalue weighted by Gasteiger charge is 2.14. The molecule has 1 saturated carbocycles. The third kappa shape index (κ3) is 4.42. The number of aryl methyl sites for hydroxylation is 1. The highest BCUT2D eigenvalue weighted by Crippen LogP contribution is 2.26. The van der Waals surface area contributed by atoms with Crippen LogP contribution in [0.1, 0.15) is 31.2 Å². The van der Waals surface area contributed by atoms with Crippen LogP contribution in [0.2, 0.25) is 0 Å². The first kappa shape index (κ1) is 14.2. The molecule has 1 aromatic rings. The van der Waals surface area contributed by atoms with E-state index in [-0.39, 0.29) is 0 Å². The van der Waals surface area contributed by atoms with Gasteiger partial charge >= 0.3 is 0 Å². The maximum atomic E-state index is 11.2. The molecule has 1 fully saturated rings. The van der Waals surface area contributed by atoms with Crippen molar-refractivity contribution in [2.24, 2.45) is 5.92 Å². The summed E-state index contributed by atoms with van der Waals surface area (Å²) >= 11 is 0. The van der Waals surface area contributed by atoms with Crippen molar-refractivity contribution in [2.75, 3.05) is 22.8 Å². The number of hydrogen-bond donors (Lipinski definition) is 2. The van der Waals surface area contributed by atoms with Gasteiger partial charge in [-0.2, -0.15) is 0 Å². The maximum absolute atomic E-state index is 11.2. The second-order valence-corrected chi connectivity index (χ2v) is 7.18. The fourth-order valence-electron chi connectivity index (χ4n) is 2.56. The van der Waals surface area contributed by atoms with Crippen LogP contribution in [0.5, 0.6) is 0 Å². The Bertz CT molecular complexity index is 534. The van der Waals surface area contributed by atoms with E-state index in [1.807, 2.05) is 25.1 Å². The summed E-state index contributed by atoms with van der Waals surface area (Å²) < 4.78 is 24.9. The Morgan fingerprint density at radius 2 is 1.95 bits per heavy atom. The van der Waals surface area contributed by atoms with Gasteiger partial charge in [-0.3, -0.25) is 4.72 Å². The summed E-state index contributed by atoms with van der Waals surface area (Å²) in [6.45, 7) is 2.92. The van der Waals surface area contributed by atoms with Crippen LogP contribution in [0, 0.1) is 12.8 Å². The Morgan fingerprint density at radius 3 is 2.53 bits per heavy atom. The van der Waals surface area contributed by atoms with Crippen molar-refractivity contribution in [2.45, 2.75) is 32.6 Å². The Morgan fingerprint density at radius 1 is 1.26 bits per heavy atom. The van der Waals surface area contributed by atoms with Crippen LogP contribution >= 0.6 is 0 Å². The van der Waals surface area contributed by atoms with Crippen molar-refractivity contribution in [3.05, 3.63) is 23.8 Å². The van der Waals surface area contributed by atoms with Crippen LogP contribution in [0.3, 0.4) is 0 Å². The molecule has 0 aliphatic heterocycles. The highest BCUT2D eigenvalue weighted by molar-refractivity contribution is 7.92. The van der Waals surface area contributed by atoms with Gasteiger partial charge in [0.15, 0.2) is 0 Å². The summed E-state index contributed by atoms with van der Waals surface area (Å²) in [4.78, 5) is 0. The van der Waals surface area contributed by atoms with E-state index in [1.54, 1.807) is 0 Å². The van der Waals surface area contributed by atoms with Gasteiger partial charge in [0.2, 0.25) is 10.0 Å². The molecule has 0 spiro atoms. The molecule has 2 rings (SSSR count). The van der Waals surface area contributed by atoms with Gasteiger partial charge in [0.25, 0.3) is 0 Å². The molecule has 106 valence electrons. The number of benzene rings is 1. The normalized spacial score (nSPS) is 16.5. The van der Waals surface area contributed by atoms with Crippen LogP contribution in [0.25, 0.3) is 0 Å². The van der Waals surface area contributed by atoms with E-state index in [4.69, 9.17) is 0 Å². The molecule has 0 bridgehead atoms. The van der Waals surface area contributed by atoms with Crippen molar-refractivity contribution in [3.8, 4) is 0 Å². The molecule has 1 aromatic carbocycles. The fourth-order valence-corrected chi connectivity index (χ4v) is 3.19. The standard InChI is InChI=1S/C14H22N2O2S/c1-11-9-13(15-10-12-5-3-4-6-12)7-8-14(11)16-19(2,17)18/h7-9,12,15-16H,3-6,10H2,1-2H3. The fraction of sp³-hybridized carbons (Fsp3) is 0.571. The molecular weight excluding hydrogens is 260 g/mol. The first-order valence-electron chi connectivity index (χ1n) is 6.76. The summed E-state index contributed by atoms with van der Waals surface area (Å²) in [6.07, 6.45) is 6.50. The summed E-state index contributed by atoms with van der Waals surface area (Å²) in [5.74, 6) is 0.786. The van der Waals surface area contributed by atoms with Crippen molar-refractivity contribution in [3.63, 3.8) is 0 Å². The van der Waals surface area contributed by atoms with E-state index in [1.165, 1.54) is 31.9 Å². The lowest BCUT2D eigenvalue weighted by Crippen LogP contribution is -2.12. The van der Waals surface area contributed by atoms with Crippen molar-refractivity contribution in [1.82, 2.24) is 0 Å². The zero-order valence-electron chi connectivity index (χ0n) is 11.6. The first-order chi connectivity index (χ1) is 8.94. The number of hydrogen-bond acceptors (Lipinski definition) is 3. The molecule has 1 aliphatic rings. The van der Waals surface area contributed by atoms with E-state index in [9.17, 15) is 8.42 Å². The number of nitrogens with one attached hydrogen (secondary N) is 2. The van der Waals surface area contributed by atoms with Gasteiger partial charge in [0.05, 0.1) is 11.9 Å². The second-order valence-electron chi connectivity index (χ2n) is 5.44. The molecule has 1 aliphatic carbocycles. The topological polar surface area (TPSA) is 58.2 Å². The minimum Gasteiger partial charge on any atom is -0.385 e. The van der Waals surface area contributed by atoms with Crippen LogP contribution in [-0.2, 0) is 10.0 Å². The monoisotopic (exact) mass is 282 g/mol. The molecule has 0 atom stereocenters. The molecule has 0 heterocycles. The van der Waals surface area contributed by atoms with Gasteiger partial charge in [0, 0.05) is 12.2 Å². The third-order valence-corrected chi connectivity index (χ3v) is 4.18. The van der Waals surface area contributed by atoms with Crippen LogP contribution in [0.15, 0.2) is 18.2 Å². The molecule has 0 radical (unpaired) electrons. The molecule has 0 saturated heterocycles. The van der Waals surface area contributed by atoms with E-state index >= 15 is 0 Å². The minimum absolute atomic E-state index is 0.647. The molecule has 0 aromatic heterocycles. The molecule has 0 unspecified atom stereocenters. The van der Waals surface area contributed by atoms with E-state index in [0.29, 0.717) is 5.69 Å². The SMILES string of the molecule is Cc1cc(NCC2CCCC2)ccc1NS(C)(=O)=O. The summed E-state index contributed by atoms with van der Waals surface area (Å²) in [7, 11) is -3.21. The molecule has 5 heteroatoms. The van der Waals surface area contributed by atoms with Gasteiger partial charge in [0.1, 0.15) is 0 Å². The molecular formula is C14H22N2O2S. The quantitative estimate of drug-likeness (QED) is 0.873. The average molecular weight is 282 g/mol. The molecule has 0 amide bonds. The third-order valence-electron chi connectivity index (χ3n) is 3.59. The smallest absolute Gasteiger partial charge is 0.229 e. The van der Waals surface area contributed by atoms with Gasteiger partial charge in [-0.05, 0) is 49.4 Å². The van der Waals surface area contributed by atoms with Crippen molar-refractivity contribution in [1.29, 1.82) is 0 Å². The lowest BCUT2D eigenvalue weighted by molar-refractivity contribution is 0.580. The lowest BCUT2D eigenvalue weighted by Gasteiger charge is -2.14. The number of anilines is 2. The van der Waals surface area contributed by atoms with E-state index < -0.39 is 10.0 Å². The van der Waals surface area contributed by atoms with E-state index in [2.05, 4.69) is 10.0 Å². The van der Waals surface area contributed by atoms with Gasteiger partial charge in [-0.25, -0.2) is 8.42 Å². The van der Waals surface area contributed by atoms with Gasteiger partial charge in [-0.15, -0.1) is 0 Å². The molecule has 4 nitrogen and oxygen atoms in total. The van der Waals surface area contributed by atoms with Crippen LogP contribution in [-0.4, -0.2) is 21.2 Å². The second kappa shape index (κ2) is 5.82. The molecule has 19 heavy (non-hydrogen) atoms. The van der Waals surface area contributed by atoms with E-state index in [0.717, 1.165) is 23.7 Å². The Labute approximate surface area is 115 Å². The predicted molar refractivity (Wildman–Crippen MR) is 80.1 cm³/mol. The molecule has 2 N–H and O–H groups in total. The zero-order chi connectivity index (χ0) is 13.9. The number of sulfonamides is 1. The lowest BCUT2D eigenvalue weighted by atomic mass is 10.1. The van der Waals surface area contributed by atoms with Crippen molar-refractivity contribution >= 4 is 21.4 Å². The van der Waals surface area contributed by atoms with Gasteiger partial charge in [-0.1, -0.05) is 12.8 Å². The van der Waals surface area contributed by atoms with Gasteiger partial charge < -0.3 is 5.32 Å².